The molecule has 1 heterocycles. The number of H-pyrrole nitrogens is 1. The van der Waals surface area contributed by atoms with Gasteiger partial charge in [0.1, 0.15) is 5.56 Å². The number of carbonyl (C=O) groups is 1. The van der Waals surface area contributed by atoms with E-state index in [0.29, 0.717) is 5.69 Å². The van der Waals surface area contributed by atoms with Crippen molar-refractivity contribution in [3.63, 3.8) is 0 Å². The molecule has 2 aromatic rings. The Balaban J connectivity index is 2.20. The summed E-state index contributed by atoms with van der Waals surface area (Å²) < 4.78 is 0. The van der Waals surface area contributed by atoms with Crippen LogP contribution in [0, 0.1) is 6.92 Å². The number of hydrogen-bond donors (Lipinski definition) is 3. The SMILES string of the molecule is Cc1cc(=O)c(C(=O)N[C@H](CO)c2ccccc2)c[nH]1. The van der Waals surface area contributed by atoms with E-state index >= 15 is 0 Å². The average molecular weight is 272 g/mol. The fourth-order valence-corrected chi connectivity index (χ4v) is 1.91. The Morgan fingerprint density at radius 1 is 1.35 bits per heavy atom. The molecule has 20 heavy (non-hydrogen) atoms. The molecule has 1 aromatic heterocycles. The Kier molecular flexibility index (Phi) is 4.32. The van der Waals surface area contributed by atoms with Crippen molar-refractivity contribution in [2.24, 2.45) is 0 Å². The van der Waals surface area contributed by atoms with Gasteiger partial charge >= 0.3 is 0 Å². The molecule has 0 spiro atoms. The highest BCUT2D eigenvalue weighted by Crippen LogP contribution is 2.12. The highest BCUT2D eigenvalue weighted by atomic mass is 16.3. The minimum Gasteiger partial charge on any atom is -0.394 e. The van der Waals surface area contributed by atoms with Crippen LogP contribution >= 0.6 is 0 Å². The van der Waals surface area contributed by atoms with Crippen molar-refractivity contribution in [3.8, 4) is 0 Å². The molecule has 0 aliphatic heterocycles. The number of aliphatic hydroxyl groups is 1. The van der Waals surface area contributed by atoms with Gasteiger partial charge in [0.25, 0.3) is 5.91 Å². The van der Waals surface area contributed by atoms with Crippen molar-refractivity contribution in [1.29, 1.82) is 0 Å². The molecule has 0 radical (unpaired) electrons. The molecule has 3 N–H and O–H groups in total. The van der Waals surface area contributed by atoms with Gasteiger partial charge in [0.15, 0.2) is 5.43 Å². The van der Waals surface area contributed by atoms with Crippen molar-refractivity contribution in [2.45, 2.75) is 13.0 Å². The number of aromatic amines is 1. The largest absolute Gasteiger partial charge is 0.394 e. The molecule has 5 nitrogen and oxygen atoms in total. The third-order valence-corrected chi connectivity index (χ3v) is 2.99. The van der Waals surface area contributed by atoms with E-state index in [0.717, 1.165) is 5.56 Å². The van der Waals surface area contributed by atoms with Crippen molar-refractivity contribution < 1.29 is 9.90 Å². The quantitative estimate of drug-likeness (QED) is 0.780. The van der Waals surface area contributed by atoms with Crippen molar-refractivity contribution in [1.82, 2.24) is 10.3 Å². The normalized spacial score (nSPS) is 11.9. The van der Waals surface area contributed by atoms with Crippen LogP contribution in [0.1, 0.15) is 27.7 Å². The van der Waals surface area contributed by atoms with Crippen LogP contribution in [-0.4, -0.2) is 22.6 Å². The van der Waals surface area contributed by atoms with Gasteiger partial charge in [0, 0.05) is 18.0 Å². The van der Waals surface area contributed by atoms with Gasteiger partial charge in [-0.3, -0.25) is 9.59 Å². The van der Waals surface area contributed by atoms with E-state index < -0.39 is 11.9 Å². The predicted octanol–water partition coefficient (Wildman–Crippen LogP) is 1.15. The summed E-state index contributed by atoms with van der Waals surface area (Å²) in [7, 11) is 0. The van der Waals surface area contributed by atoms with Gasteiger partial charge in [-0.15, -0.1) is 0 Å². The molecule has 2 rings (SSSR count). The topological polar surface area (TPSA) is 82.2 Å². The maximum absolute atomic E-state index is 12.1. The van der Waals surface area contributed by atoms with Gasteiger partial charge in [-0.2, -0.15) is 0 Å². The highest BCUT2D eigenvalue weighted by Gasteiger charge is 2.16. The molecule has 0 aliphatic carbocycles. The number of pyridine rings is 1. The fraction of sp³-hybridized carbons (Fsp3) is 0.200. The minimum absolute atomic E-state index is 0.0324. The smallest absolute Gasteiger partial charge is 0.257 e. The first-order valence-electron chi connectivity index (χ1n) is 6.28. The third-order valence-electron chi connectivity index (χ3n) is 2.99. The molecule has 1 amide bonds. The summed E-state index contributed by atoms with van der Waals surface area (Å²) in [6, 6.07) is 9.94. The zero-order valence-electron chi connectivity index (χ0n) is 11.1. The Labute approximate surface area is 116 Å². The lowest BCUT2D eigenvalue weighted by Gasteiger charge is -2.16. The number of nitrogens with one attached hydrogen (secondary N) is 2. The second kappa shape index (κ2) is 6.16. The molecule has 5 heteroatoms. The molecule has 1 aromatic carbocycles. The molecule has 0 saturated carbocycles. The third kappa shape index (κ3) is 3.13. The molecular formula is C15H16N2O3. The van der Waals surface area contributed by atoms with Crippen LogP contribution in [0.5, 0.6) is 0 Å². The van der Waals surface area contributed by atoms with Crippen LogP contribution in [0.2, 0.25) is 0 Å². The summed E-state index contributed by atoms with van der Waals surface area (Å²) in [6.07, 6.45) is 1.38. The minimum atomic E-state index is -0.538. The maximum atomic E-state index is 12.1. The van der Waals surface area contributed by atoms with Gasteiger partial charge in [-0.25, -0.2) is 0 Å². The van der Waals surface area contributed by atoms with Gasteiger partial charge in [-0.05, 0) is 12.5 Å². The Morgan fingerprint density at radius 3 is 2.65 bits per heavy atom. The molecule has 0 bridgehead atoms. The lowest BCUT2D eigenvalue weighted by Crippen LogP contribution is -2.33. The fourth-order valence-electron chi connectivity index (χ4n) is 1.91. The Hall–Kier alpha value is -2.40. The summed E-state index contributed by atoms with van der Waals surface area (Å²) >= 11 is 0. The van der Waals surface area contributed by atoms with Gasteiger partial charge in [-0.1, -0.05) is 30.3 Å². The van der Waals surface area contributed by atoms with Gasteiger partial charge < -0.3 is 15.4 Å². The number of aromatic nitrogens is 1. The first-order chi connectivity index (χ1) is 9.61. The zero-order valence-corrected chi connectivity index (χ0v) is 11.1. The second-order valence-corrected chi connectivity index (χ2v) is 4.51. The van der Waals surface area contributed by atoms with Crippen LogP contribution in [0.4, 0.5) is 0 Å². The average Bonchev–Trinajstić information content (AvgIpc) is 2.45. The van der Waals surface area contributed by atoms with E-state index in [1.165, 1.54) is 12.3 Å². The van der Waals surface area contributed by atoms with Crippen LogP contribution in [0.3, 0.4) is 0 Å². The van der Waals surface area contributed by atoms with Gasteiger partial charge in [0.05, 0.1) is 12.6 Å². The van der Waals surface area contributed by atoms with Crippen LogP contribution in [0.25, 0.3) is 0 Å². The van der Waals surface area contributed by atoms with E-state index in [9.17, 15) is 14.7 Å². The standard InChI is InChI=1S/C15H16N2O3/c1-10-7-14(19)12(8-16-10)15(20)17-13(9-18)11-5-3-2-4-6-11/h2-8,13,18H,9H2,1H3,(H,16,19)(H,17,20)/t13-/m1/s1. The second-order valence-electron chi connectivity index (χ2n) is 4.51. The highest BCUT2D eigenvalue weighted by molar-refractivity contribution is 5.94. The summed E-state index contributed by atoms with van der Waals surface area (Å²) in [4.78, 5) is 26.7. The predicted molar refractivity (Wildman–Crippen MR) is 75.5 cm³/mol. The monoisotopic (exact) mass is 272 g/mol. The maximum Gasteiger partial charge on any atom is 0.257 e. The molecule has 0 fully saturated rings. The molecule has 104 valence electrons. The summed E-state index contributed by atoms with van der Waals surface area (Å²) in [6.45, 7) is 1.50. The number of carbonyl (C=O) groups excluding carboxylic acids is 1. The number of amides is 1. The number of aliphatic hydroxyl groups excluding tert-OH is 1. The molecular weight excluding hydrogens is 256 g/mol. The molecule has 0 unspecified atom stereocenters. The Morgan fingerprint density at radius 2 is 2.05 bits per heavy atom. The lowest BCUT2D eigenvalue weighted by molar-refractivity contribution is 0.0914. The summed E-state index contributed by atoms with van der Waals surface area (Å²) in [5.41, 5.74) is 1.16. The van der Waals surface area contributed by atoms with Gasteiger partial charge in [0.2, 0.25) is 0 Å². The molecule has 0 aliphatic rings. The Bertz CT molecular complexity index is 650. The van der Waals surface area contributed by atoms with Crippen LogP contribution < -0.4 is 10.7 Å². The van der Waals surface area contributed by atoms with Crippen molar-refractivity contribution in [3.05, 3.63) is 69.6 Å². The van der Waals surface area contributed by atoms with E-state index in [-0.39, 0.29) is 17.6 Å². The van der Waals surface area contributed by atoms with Crippen molar-refractivity contribution in [2.75, 3.05) is 6.61 Å². The zero-order chi connectivity index (χ0) is 14.5. The summed E-state index contributed by atoms with van der Waals surface area (Å²) in [5, 5.41) is 12.0. The van der Waals surface area contributed by atoms with E-state index in [1.807, 2.05) is 18.2 Å². The molecule has 1 atom stereocenters. The first-order valence-corrected chi connectivity index (χ1v) is 6.28. The van der Waals surface area contributed by atoms with Crippen molar-refractivity contribution >= 4 is 5.91 Å². The number of hydrogen-bond acceptors (Lipinski definition) is 3. The summed E-state index contributed by atoms with van der Waals surface area (Å²) in [5.74, 6) is -0.505. The number of benzene rings is 1. The lowest BCUT2D eigenvalue weighted by atomic mass is 10.1. The van der Waals surface area contributed by atoms with E-state index in [1.54, 1.807) is 19.1 Å². The number of rotatable bonds is 4. The van der Waals surface area contributed by atoms with E-state index in [2.05, 4.69) is 10.3 Å². The molecule has 0 saturated heterocycles. The van der Waals surface area contributed by atoms with Crippen LogP contribution in [0.15, 0.2) is 47.4 Å². The number of aryl methyl sites for hydroxylation is 1. The first kappa shape index (κ1) is 14.0. The van der Waals surface area contributed by atoms with E-state index in [4.69, 9.17) is 0 Å². The van der Waals surface area contributed by atoms with Crippen LogP contribution in [-0.2, 0) is 0 Å².